The Kier molecular flexibility index (Phi) is 4.19. The first-order valence-corrected chi connectivity index (χ1v) is 5.96. The van der Waals surface area contributed by atoms with E-state index in [0.717, 1.165) is 5.56 Å². The van der Waals surface area contributed by atoms with E-state index in [9.17, 15) is 4.79 Å². The van der Waals surface area contributed by atoms with E-state index in [1.54, 1.807) is 24.3 Å². The number of H-pyrrole nitrogens is 1. The van der Waals surface area contributed by atoms with E-state index in [-0.39, 0.29) is 18.6 Å². The van der Waals surface area contributed by atoms with Crippen molar-refractivity contribution in [3.63, 3.8) is 0 Å². The fourth-order valence-corrected chi connectivity index (χ4v) is 1.63. The highest BCUT2D eigenvalue weighted by Crippen LogP contribution is 2.14. The molecule has 100 valence electrons. The second-order valence-electron chi connectivity index (χ2n) is 4.20. The average molecular weight is 261 g/mol. The standard InChI is InChI=1S/C12H15N5O2/c1-8(6-7-18)13-12(19)10-4-2-9(3-5-10)11-14-16-17-15-11/h2-5,8,18H,6-7H2,1H3,(H,13,19)(H,14,15,16,17). The van der Waals surface area contributed by atoms with Crippen LogP contribution >= 0.6 is 0 Å². The van der Waals surface area contributed by atoms with Crippen molar-refractivity contribution in [3.05, 3.63) is 29.8 Å². The van der Waals surface area contributed by atoms with Crippen LogP contribution in [0.25, 0.3) is 11.4 Å². The van der Waals surface area contributed by atoms with Crippen molar-refractivity contribution in [2.24, 2.45) is 0 Å². The predicted molar refractivity (Wildman–Crippen MR) is 68.2 cm³/mol. The molecule has 0 spiro atoms. The van der Waals surface area contributed by atoms with Crippen LogP contribution in [-0.4, -0.2) is 44.3 Å². The number of carbonyl (C=O) groups is 1. The van der Waals surface area contributed by atoms with Crippen LogP contribution in [0.15, 0.2) is 24.3 Å². The number of hydrogen-bond acceptors (Lipinski definition) is 5. The lowest BCUT2D eigenvalue weighted by Crippen LogP contribution is -2.33. The number of nitrogens with zero attached hydrogens (tertiary/aromatic N) is 3. The monoisotopic (exact) mass is 261 g/mol. The Balaban J connectivity index is 2.04. The molecule has 1 amide bonds. The minimum absolute atomic E-state index is 0.0538. The van der Waals surface area contributed by atoms with E-state index in [0.29, 0.717) is 17.8 Å². The molecule has 0 aliphatic heterocycles. The van der Waals surface area contributed by atoms with E-state index in [1.165, 1.54) is 0 Å². The number of carbonyl (C=O) groups excluding carboxylic acids is 1. The number of rotatable bonds is 5. The zero-order chi connectivity index (χ0) is 13.7. The van der Waals surface area contributed by atoms with Gasteiger partial charge in [-0.1, -0.05) is 12.1 Å². The summed E-state index contributed by atoms with van der Waals surface area (Å²) in [5.74, 6) is 0.321. The molecular formula is C12H15N5O2. The Hall–Kier alpha value is -2.28. The molecule has 0 aliphatic carbocycles. The van der Waals surface area contributed by atoms with Crippen molar-refractivity contribution in [3.8, 4) is 11.4 Å². The Morgan fingerprint density at radius 2 is 2.16 bits per heavy atom. The van der Waals surface area contributed by atoms with E-state index < -0.39 is 0 Å². The number of benzene rings is 1. The summed E-state index contributed by atoms with van der Waals surface area (Å²) in [5, 5.41) is 25.2. The zero-order valence-corrected chi connectivity index (χ0v) is 10.5. The van der Waals surface area contributed by atoms with Crippen LogP contribution in [0.2, 0.25) is 0 Å². The Morgan fingerprint density at radius 1 is 1.42 bits per heavy atom. The predicted octanol–water partition coefficient (Wildman–Crippen LogP) is 0.367. The van der Waals surface area contributed by atoms with Crippen LogP contribution in [0.1, 0.15) is 23.7 Å². The Labute approximate surface area is 110 Å². The van der Waals surface area contributed by atoms with Crippen LogP contribution in [-0.2, 0) is 0 Å². The molecule has 0 radical (unpaired) electrons. The largest absolute Gasteiger partial charge is 0.396 e. The molecule has 0 bridgehead atoms. The first kappa shape index (κ1) is 13.2. The van der Waals surface area contributed by atoms with Gasteiger partial charge in [0.25, 0.3) is 5.91 Å². The van der Waals surface area contributed by atoms with Gasteiger partial charge in [0.05, 0.1) is 0 Å². The molecule has 0 saturated carbocycles. The van der Waals surface area contributed by atoms with Crippen LogP contribution in [0.3, 0.4) is 0 Å². The fourth-order valence-electron chi connectivity index (χ4n) is 1.63. The number of hydrogen-bond donors (Lipinski definition) is 3. The number of nitrogens with one attached hydrogen (secondary N) is 2. The lowest BCUT2D eigenvalue weighted by Gasteiger charge is -2.12. The summed E-state index contributed by atoms with van der Waals surface area (Å²) >= 11 is 0. The maximum atomic E-state index is 11.9. The minimum Gasteiger partial charge on any atom is -0.396 e. The third-order valence-corrected chi connectivity index (χ3v) is 2.69. The maximum absolute atomic E-state index is 11.9. The molecule has 1 heterocycles. The second kappa shape index (κ2) is 6.05. The molecule has 1 aromatic carbocycles. The van der Waals surface area contributed by atoms with Crippen LogP contribution < -0.4 is 5.32 Å². The molecule has 2 rings (SSSR count). The van der Waals surface area contributed by atoms with E-state index in [1.807, 2.05) is 6.92 Å². The smallest absolute Gasteiger partial charge is 0.251 e. The van der Waals surface area contributed by atoms with Gasteiger partial charge >= 0.3 is 0 Å². The first-order chi connectivity index (χ1) is 9.20. The van der Waals surface area contributed by atoms with Gasteiger partial charge in [0.1, 0.15) is 0 Å². The van der Waals surface area contributed by atoms with Gasteiger partial charge in [-0.2, -0.15) is 5.21 Å². The van der Waals surface area contributed by atoms with Gasteiger partial charge < -0.3 is 10.4 Å². The molecule has 1 unspecified atom stereocenters. The van der Waals surface area contributed by atoms with Crippen molar-refractivity contribution in [2.75, 3.05) is 6.61 Å². The topological polar surface area (TPSA) is 104 Å². The van der Waals surface area contributed by atoms with Crippen LogP contribution in [0.5, 0.6) is 0 Å². The molecule has 2 aromatic rings. The quantitative estimate of drug-likeness (QED) is 0.721. The summed E-state index contributed by atoms with van der Waals surface area (Å²) in [7, 11) is 0. The second-order valence-corrected chi connectivity index (χ2v) is 4.20. The summed E-state index contributed by atoms with van der Waals surface area (Å²) in [6.07, 6.45) is 0.534. The molecule has 0 saturated heterocycles. The van der Waals surface area contributed by atoms with Gasteiger partial charge in [-0.3, -0.25) is 4.79 Å². The van der Waals surface area contributed by atoms with Crippen LogP contribution in [0, 0.1) is 0 Å². The van der Waals surface area contributed by atoms with Gasteiger partial charge in [0.2, 0.25) is 5.82 Å². The molecule has 3 N–H and O–H groups in total. The number of aliphatic hydroxyl groups is 1. The summed E-state index contributed by atoms with van der Waals surface area (Å²) in [4.78, 5) is 11.9. The number of aliphatic hydroxyl groups excluding tert-OH is 1. The third-order valence-electron chi connectivity index (χ3n) is 2.69. The molecule has 0 fully saturated rings. The average Bonchev–Trinajstić information content (AvgIpc) is 2.93. The first-order valence-electron chi connectivity index (χ1n) is 5.96. The minimum atomic E-state index is -0.166. The maximum Gasteiger partial charge on any atom is 0.251 e. The van der Waals surface area contributed by atoms with Crippen molar-refractivity contribution in [1.82, 2.24) is 25.9 Å². The van der Waals surface area contributed by atoms with Gasteiger partial charge in [-0.05, 0) is 30.7 Å². The highest BCUT2D eigenvalue weighted by molar-refractivity contribution is 5.94. The van der Waals surface area contributed by atoms with E-state index in [2.05, 4.69) is 25.9 Å². The fraction of sp³-hybridized carbons (Fsp3) is 0.333. The molecule has 7 heteroatoms. The van der Waals surface area contributed by atoms with Crippen molar-refractivity contribution in [1.29, 1.82) is 0 Å². The SMILES string of the molecule is CC(CCO)NC(=O)c1ccc(-c2nn[nH]n2)cc1. The van der Waals surface area contributed by atoms with Crippen molar-refractivity contribution < 1.29 is 9.90 Å². The molecule has 19 heavy (non-hydrogen) atoms. The number of aromatic nitrogens is 4. The highest BCUT2D eigenvalue weighted by atomic mass is 16.3. The summed E-state index contributed by atoms with van der Waals surface area (Å²) in [6, 6.07) is 6.86. The zero-order valence-electron chi connectivity index (χ0n) is 10.5. The lowest BCUT2D eigenvalue weighted by molar-refractivity contribution is 0.0934. The van der Waals surface area contributed by atoms with Gasteiger partial charge in [-0.25, -0.2) is 0 Å². The van der Waals surface area contributed by atoms with E-state index in [4.69, 9.17) is 5.11 Å². The summed E-state index contributed by atoms with van der Waals surface area (Å²) in [5.41, 5.74) is 1.34. The van der Waals surface area contributed by atoms with Crippen molar-refractivity contribution >= 4 is 5.91 Å². The highest BCUT2D eigenvalue weighted by Gasteiger charge is 2.10. The molecular weight excluding hydrogens is 246 g/mol. The van der Waals surface area contributed by atoms with Crippen LogP contribution in [0.4, 0.5) is 0 Å². The number of amides is 1. The number of tetrazole rings is 1. The van der Waals surface area contributed by atoms with Crippen molar-refractivity contribution in [2.45, 2.75) is 19.4 Å². The third kappa shape index (κ3) is 3.35. The summed E-state index contributed by atoms with van der Waals surface area (Å²) in [6.45, 7) is 1.90. The molecule has 0 aliphatic rings. The number of aromatic amines is 1. The Morgan fingerprint density at radius 3 is 2.74 bits per heavy atom. The van der Waals surface area contributed by atoms with Gasteiger partial charge in [-0.15, -0.1) is 10.2 Å². The van der Waals surface area contributed by atoms with E-state index >= 15 is 0 Å². The normalized spacial score (nSPS) is 12.1. The van der Waals surface area contributed by atoms with Gasteiger partial charge in [0, 0.05) is 23.8 Å². The molecule has 1 atom stereocenters. The lowest BCUT2D eigenvalue weighted by atomic mass is 10.1. The molecule has 7 nitrogen and oxygen atoms in total. The van der Waals surface area contributed by atoms with Gasteiger partial charge in [0.15, 0.2) is 0 Å². The molecule has 1 aromatic heterocycles. The summed E-state index contributed by atoms with van der Waals surface area (Å²) < 4.78 is 0. The Bertz CT molecular complexity index is 524.